The predicted molar refractivity (Wildman–Crippen MR) is 117 cm³/mol. The second-order valence-corrected chi connectivity index (χ2v) is 9.01. The standard InChI is InChI=1S/C22H21F2N5O2S/c1-12(17-10-26-20(32-17)15-6-4-14(5-7-15)19(23)24)27-21-25-9-8-18(28-21)29-16(13-2-3-13)11-31-22(29)30/h4-10,12-13,16,19H,2-3,11H2,1H3,(H,25,27,28)/t12-,16+/m0/s1. The Bertz CT molecular complexity index is 1120. The highest BCUT2D eigenvalue weighted by atomic mass is 32.1. The maximum absolute atomic E-state index is 12.8. The van der Waals surface area contributed by atoms with Gasteiger partial charge in [0.2, 0.25) is 5.95 Å². The fourth-order valence-electron chi connectivity index (χ4n) is 3.74. The first kappa shape index (κ1) is 20.7. The Morgan fingerprint density at radius 3 is 2.69 bits per heavy atom. The van der Waals surface area contributed by atoms with Crippen molar-refractivity contribution in [2.45, 2.75) is 38.3 Å². The minimum atomic E-state index is -2.49. The zero-order valence-corrected chi connectivity index (χ0v) is 18.1. The highest BCUT2D eigenvalue weighted by Crippen LogP contribution is 2.39. The average molecular weight is 458 g/mol. The van der Waals surface area contributed by atoms with Crippen molar-refractivity contribution in [2.24, 2.45) is 5.92 Å². The number of hydrogen-bond acceptors (Lipinski definition) is 7. The molecular formula is C22H21F2N5O2S. The lowest BCUT2D eigenvalue weighted by Gasteiger charge is -2.20. The lowest BCUT2D eigenvalue weighted by atomic mass is 10.1. The van der Waals surface area contributed by atoms with Crippen molar-refractivity contribution in [1.29, 1.82) is 0 Å². The molecule has 2 fully saturated rings. The van der Waals surface area contributed by atoms with Crippen molar-refractivity contribution >= 4 is 29.2 Å². The van der Waals surface area contributed by atoms with E-state index >= 15 is 0 Å². The van der Waals surface area contributed by atoms with Gasteiger partial charge in [0.15, 0.2) is 0 Å². The predicted octanol–water partition coefficient (Wildman–Crippen LogP) is 5.45. The number of ether oxygens (including phenoxy) is 1. The third-order valence-electron chi connectivity index (χ3n) is 5.67. The third-order valence-corrected chi connectivity index (χ3v) is 6.89. The molecule has 2 atom stereocenters. The highest BCUT2D eigenvalue weighted by molar-refractivity contribution is 7.15. The minimum absolute atomic E-state index is 0.0107. The third kappa shape index (κ3) is 4.14. The molecule has 5 rings (SSSR count). The van der Waals surface area contributed by atoms with Crippen molar-refractivity contribution in [2.75, 3.05) is 16.8 Å². The van der Waals surface area contributed by atoms with E-state index in [1.54, 1.807) is 35.5 Å². The van der Waals surface area contributed by atoms with E-state index in [1.165, 1.54) is 23.5 Å². The van der Waals surface area contributed by atoms with Crippen LogP contribution in [0.15, 0.2) is 42.7 Å². The summed E-state index contributed by atoms with van der Waals surface area (Å²) in [6.07, 6.45) is 2.72. The molecule has 32 heavy (non-hydrogen) atoms. The Morgan fingerprint density at radius 2 is 1.97 bits per heavy atom. The fraction of sp³-hybridized carbons (Fsp3) is 0.364. The largest absolute Gasteiger partial charge is 0.447 e. The fourth-order valence-corrected chi connectivity index (χ4v) is 4.66. The van der Waals surface area contributed by atoms with Gasteiger partial charge in [-0.2, -0.15) is 4.98 Å². The van der Waals surface area contributed by atoms with Crippen LogP contribution in [0.2, 0.25) is 0 Å². The minimum Gasteiger partial charge on any atom is -0.447 e. The zero-order valence-electron chi connectivity index (χ0n) is 17.2. The van der Waals surface area contributed by atoms with Gasteiger partial charge in [0.05, 0.1) is 12.1 Å². The molecule has 1 amide bonds. The molecule has 0 unspecified atom stereocenters. The number of halogens is 2. The second kappa shape index (κ2) is 8.42. The Morgan fingerprint density at radius 1 is 1.19 bits per heavy atom. The van der Waals surface area contributed by atoms with E-state index in [2.05, 4.69) is 20.3 Å². The molecule has 0 bridgehead atoms. The van der Waals surface area contributed by atoms with Gasteiger partial charge < -0.3 is 10.1 Å². The van der Waals surface area contributed by atoms with Crippen LogP contribution < -0.4 is 10.2 Å². The molecule has 1 aromatic carbocycles. The van der Waals surface area contributed by atoms with Crippen LogP contribution in [0.3, 0.4) is 0 Å². The lowest BCUT2D eigenvalue weighted by Crippen LogP contribution is -2.35. The smallest absolute Gasteiger partial charge is 0.415 e. The maximum atomic E-state index is 12.8. The molecule has 1 N–H and O–H groups in total. The van der Waals surface area contributed by atoms with Crippen LogP contribution in [0.5, 0.6) is 0 Å². The quantitative estimate of drug-likeness (QED) is 0.508. The number of anilines is 2. The number of nitrogens with one attached hydrogen (secondary N) is 1. The zero-order chi connectivity index (χ0) is 22.2. The summed E-state index contributed by atoms with van der Waals surface area (Å²) in [7, 11) is 0. The van der Waals surface area contributed by atoms with Crippen molar-refractivity contribution in [3.63, 3.8) is 0 Å². The van der Waals surface area contributed by atoms with Crippen molar-refractivity contribution in [3.05, 3.63) is 53.2 Å². The summed E-state index contributed by atoms with van der Waals surface area (Å²) in [4.78, 5) is 28.1. The van der Waals surface area contributed by atoms with Crippen LogP contribution in [0.1, 0.15) is 42.7 Å². The summed E-state index contributed by atoms with van der Waals surface area (Å²) < 4.78 is 30.8. The summed E-state index contributed by atoms with van der Waals surface area (Å²) in [6, 6.07) is 7.75. The van der Waals surface area contributed by atoms with E-state index in [4.69, 9.17) is 4.74 Å². The first-order chi connectivity index (χ1) is 15.5. The van der Waals surface area contributed by atoms with Gasteiger partial charge in [0.1, 0.15) is 17.4 Å². The maximum Gasteiger partial charge on any atom is 0.415 e. The van der Waals surface area contributed by atoms with Crippen molar-refractivity contribution in [1.82, 2.24) is 15.0 Å². The van der Waals surface area contributed by atoms with Crippen LogP contribution >= 0.6 is 11.3 Å². The summed E-state index contributed by atoms with van der Waals surface area (Å²) in [6.45, 7) is 2.36. The van der Waals surface area contributed by atoms with Crippen molar-refractivity contribution in [3.8, 4) is 10.6 Å². The van der Waals surface area contributed by atoms with Gasteiger partial charge in [-0.1, -0.05) is 24.3 Å². The van der Waals surface area contributed by atoms with Crippen LogP contribution in [0.4, 0.5) is 25.3 Å². The molecule has 1 aliphatic carbocycles. The monoisotopic (exact) mass is 457 g/mol. The van der Waals surface area contributed by atoms with Gasteiger partial charge in [-0.3, -0.25) is 4.90 Å². The Kier molecular flexibility index (Phi) is 5.46. The van der Waals surface area contributed by atoms with Crippen molar-refractivity contribution < 1.29 is 18.3 Å². The Hall–Kier alpha value is -3.14. The molecule has 2 aromatic heterocycles. The van der Waals surface area contributed by atoms with E-state index in [0.717, 1.165) is 28.3 Å². The van der Waals surface area contributed by atoms with Gasteiger partial charge in [0, 0.05) is 28.4 Å². The number of alkyl halides is 2. The van der Waals surface area contributed by atoms with Gasteiger partial charge in [0.25, 0.3) is 6.43 Å². The number of thiazole rings is 1. The Balaban J connectivity index is 1.30. The molecule has 3 aromatic rings. The van der Waals surface area contributed by atoms with Gasteiger partial charge >= 0.3 is 6.09 Å². The van der Waals surface area contributed by atoms with E-state index in [1.807, 2.05) is 6.92 Å². The topological polar surface area (TPSA) is 80.2 Å². The van der Waals surface area contributed by atoms with E-state index in [9.17, 15) is 13.6 Å². The number of hydrogen-bond donors (Lipinski definition) is 1. The molecular weight excluding hydrogens is 436 g/mol. The molecule has 3 heterocycles. The first-order valence-electron chi connectivity index (χ1n) is 10.4. The van der Waals surface area contributed by atoms with Gasteiger partial charge in [-0.15, -0.1) is 11.3 Å². The van der Waals surface area contributed by atoms with E-state index < -0.39 is 6.43 Å². The number of aromatic nitrogens is 3. The number of carbonyl (C=O) groups excluding carboxylic acids is 1. The summed E-state index contributed by atoms with van der Waals surface area (Å²) in [5.41, 5.74) is 0.776. The molecule has 0 radical (unpaired) electrons. The number of nitrogens with zero attached hydrogens (tertiary/aromatic N) is 4. The molecule has 10 heteroatoms. The van der Waals surface area contributed by atoms with E-state index in [0.29, 0.717) is 24.3 Å². The molecule has 7 nitrogen and oxygen atoms in total. The molecule has 166 valence electrons. The molecule has 1 saturated carbocycles. The SMILES string of the molecule is C[C@H](Nc1nccc(N2C(=O)OC[C@@H]2C2CC2)n1)c1cnc(-c2ccc(C(F)F)cc2)s1. The summed E-state index contributed by atoms with van der Waals surface area (Å²) >= 11 is 1.47. The van der Waals surface area contributed by atoms with Crippen LogP contribution in [-0.2, 0) is 4.74 Å². The molecule has 0 spiro atoms. The summed E-state index contributed by atoms with van der Waals surface area (Å²) in [5.74, 6) is 1.40. The number of cyclic esters (lactones) is 1. The van der Waals surface area contributed by atoms with Crippen LogP contribution in [0, 0.1) is 5.92 Å². The highest BCUT2D eigenvalue weighted by Gasteiger charge is 2.44. The van der Waals surface area contributed by atoms with Crippen LogP contribution in [-0.4, -0.2) is 33.7 Å². The summed E-state index contributed by atoms with van der Waals surface area (Å²) in [5, 5.41) is 4.00. The molecule has 2 aliphatic rings. The molecule has 1 aliphatic heterocycles. The van der Waals surface area contributed by atoms with E-state index in [-0.39, 0.29) is 23.7 Å². The normalized spacial score (nSPS) is 19.3. The lowest BCUT2D eigenvalue weighted by molar-refractivity contribution is 0.151. The average Bonchev–Trinajstić information content (AvgIpc) is 3.37. The number of amides is 1. The van der Waals surface area contributed by atoms with Gasteiger partial charge in [-0.25, -0.2) is 23.5 Å². The Labute approximate surface area is 187 Å². The second-order valence-electron chi connectivity index (χ2n) is 7.95. The molecule has 1 saturated heterocycles. The van der Waals surface area contributed by atoms with Crippen LogP contribution in [0.25, 0.3) is 10.6 Å². The first-order valence-corrected chi connectivity index (χ1v) is 11.2. The number of rotatable bonds is 7. The number of carbonyl (C=O) groups is 1. The number of benzene rings is 1. The van der Waals surface area contributed by atoms with Gasteiger partial charge in [-0.05, 0) is 31.7 Å².